The van der Waals surface area contributed by atoms with Gasteiger partial charge >= 0.3 is 6.09 Å². The summed E-state index contributed by atoms with van der Waals surface area (Å²) in [6.45, 7) is 6.88. The lowest BCUT2D eigenvalue weighted by molar-refractivity contribution is 0.0469. The zero-order chi connectivity index (χ0) is 11.4. The van der Waals surface area contributed by atoms with Crippen molar-refractivity contribution in [3.8, 4) is 12.3 Å². The van der Waals surface area contributed by atoms with Crippen LogP contribution in [0.2, 0.25) is 0 Å². The third-order valence-electron chi connectivity index (χ3n) is 1.39. The molecule has 0 spiro atoms. The summed E-state index contributed by atoms with van der Waals surface area (Å²) >= 11 is 0. The Kier molecular flexibility index (Phi) is 4.45. The maximum atomic E-state index is 11.2. The number of alkyl carbamates (subject to hydrolysis) is 1. The Bertz CT molecular complexity index is 237. The molecule has 2 N–H and O–H groups in total. The molecule has 0 rings (SSSR count). The van der Waals surface area contributed by atoms with Gasteiger partial charge in [-0.1, -0.05) is 5.92 Å². The van der Waals surface area contributed by atoms with E-state index in [1.54, 1.807) is 27.7 Å². The van der Waals surface area contributed by atoms with Crippen LogP contribution in [0.25, 0.3) is 0 Å². The molecule has 80 valence electrons. The van der Waals surface area contributed by atoms with E-state index in [0.717, 1.165) is 0 Å². The SMILES string of the molecule is C#C[C@@H](O)[C@H](C)NC(=O)OC(C)(C)C. The second-order valence-electron chi connectivity index (χ2n) is 4.05. The number of carbonyl (C=O) groups excluding carboxylic acids is 1. The molecule has 0 fully saturated rings. The fraction of sp³-hybridized carbons (Fsp3) is 0.700. The van der Waals surface area contributed by atoms with Crippen LogP contribution >= 0.6 is 0 Å². The molecule has 0 aliphatic heterocycles. The molecule has 0 aliphatic carbocycles. The second kappa shape index (κ2) is 4.87. The summed E-state index contributed by atoms with van der Waals surface area (Å²) in [6.07, 6.45) is 3.40. The number of aliphatic hydroxyl groups excluding tert-OH is 1. The summed E-state index contributed by atoms with van der Waals surface area (Å²) in [5.74, 6) is 2.12. The molecule has 0 bridgehead atoms. The molecule has 0 heterocycles. The average Bonchev–Trinajstić information content (AvgIpc) is 1.99. The zero-order valence-corrected chi connectivity index (χ0v) is 9.00. The van der Waals surface area contributed by atoms with Crippen LogP contribution in [-0.4, -0.2) is 28.9 Å². The van der Waals surface area contributed by atoms with E-state index in [1.165, 1.54) is 0 Å². The molecule has 0 unspecified atom stereocenters. The first-order valence-corrected chi connectivity index (χ1v) is 4.40. The molecule has 1 amide bonds. The standard InChI is InChI=1S/C10H17NO3/c1-6-8(12)7(2)11-9(13)14-10(3,4)5/h1,7-8,12H,2-5H3,(H,11,13)/t7-,8+/m0/s1. The summed E-state index contributed by atoms with van der Waals surface area (Å²) in [4.78, 5) is 11.2. The van der Waals surface area contributed by atoms with Crippen LogP contribution in [0.3, 0.4) is 0 Å². The van der Waals surface area contributed by atoms with Crippen LogP contribution in [0, 0.1) is 12.3 Å². The molecule has 0 aromatic carbocycles. The predicted octanol–water partition coefficient (Wildman–Crippen LogP) is 0.894. The molecule has 0 radical (unpaired) electrons. The largest absolute Gasteiger partial charge is 0.444 e. The Morgan fingerprint density at radius 2 is 2.07 bits per heavy atom. The number of nitrogens with one attached hydrogen (secondary N) is 1. The minimum atomic E-state index is -0.998. The Labute approximate surface area is 84.6 Å². The Morgan fingerprint density at radius 1 is 1.57 bits per heavy atom. The number of amides is 1. The first kappa shape index (κ1) is 12.8. The summed E-state index contributed by atoms with van der Waals surface area (Å²) in [7, 11) is 0. The Morgan fingerprint density at radius 3 is 2.43 bits per heavy atom. The smallest absolute Gasteiger partial charge is 0.407 e. The van der Waals surface area contributed by atoms with Crippen LogP contribution in [0.1, 0.15) is 27.7 Å². The molecular formula is C10H17NO3. The van der Waals surface area contributed by atoms with Gasteiger partial charge < -0.3 is 15.2 Å². The molecule has 2 atom stereocenters. The van der Waals surface area contributed by atoms with Gasteiger partial charge in [0.25, 0.3) is 0 Å². The highest BCUT2D eigenvalue weighted by molar-refractivity contribution is 5.68. The quantitative estimate of drug-likeness (QED) is 0.649. The highest BCUT2D eigenvalue weighted by Gasteiger charge is 2.19. The van der Waals surface area contributed by atoms with Gasteiger partial charge in [-0.15, -0.1) is 6.42 Å². The van der Waals surface area contributed by atoms with Crippen LogP contribution in [0.15, 0.2) is 0 Å². The van der Waals surface area contributed by atoms with Crippen LogP contribution in [0.5, 0.6) is 0 Å². The third-order valence-corrected chi connectivity index (χ3v) is 1.39. The normalized spacial score (nSPS) is 15.1. The molecular weight excluding hydrogens is 182 g/mol. The molecule has 0 aromatic rings. The maximum Gasteiger partial charge on any atom is 0.407 e. The van der Waals surface area contributed by atoms with Gasteiger partial charge in [-0.05, 0) is 27.7 Å². The van der Waals surface area contributed by atoms with Crippen molar-refractivity contribution >= 4 is 6.09 Å². The van der Waals surface area contributed by atoms with E-state index in [9.17, 15) is 4.79 Å². The topological polar surface area (TPSA) is 58.6 Å². The number of ether oxygens (including phenoxy) is 1. The summed E-state index contributed by atoms with van der Waals surface area (Å²) in [6, 6.07) is -0.519. The molecule has 0 saturated heterocycles. The van der Waals surface area contributed by atoms with E-state index in [0.29, 0.717) is 0 Å². The van der Waals surface area contributed by atoms with Gasteiger partial charge in [0.15, 0.2) is 0 Å². The lowest BCUT2D eigenvalue weighted by atomic mass is 10.2. The van der Waals surface area contributed by atoms with Crippen molar-refractivity contribution in [2.45, 2.75) is 45.4 Å². The van der Waals surface area contributed by atoms with Gasteiger partial charge in [0.2, 0.25) is 0 Å². The second-order valence-corrected chi connectivity index (χ2v) is 4.05. The third kappa shape index (κ3) is 5.44. The van der Waals surface area contributed by atoms with Gasteiger partial charge in [-0.2, -0.15) is 0 Å². The first-order chi connectivity index (χ1) is 6.26. The monoisotopic (exact) mass is 199 g/mol. The molecule has 0 aromatic heterocycles. The Hall–Kier alpha value is -1.21. The number of hydrogen-bond acceptors (Lipinski definition) is 3. The number of rotatable bonds is 2. The summed E-state index contributed by atoms with van der Waals surface area (Å²) in [5.41, 5.74) is -0.551. The van der Waals surface area contributed by atoms with E-state index < -0.39 is 23.8 Å². The van der Waals surface area contributed by atoms with Crippen molar-refractivity contribution in [1.29, 1.82) is 0 Å². The molecule has 0 aliphatic rings. The van der Waals surface area contributed by atoms with Crippen molar-refractivity contribution in [3.63, 3.8) is 0 Å². The highest BCUT2D eigenvalue weighted by atomic mass is 16.6. The van der Waals surface area contributed by atoms with Crippen LogP contribution in [-0.2, 0) is 4.74 Å². The highest BCUT2D eigenvalue weighted by Crippen LogP contribution is 2.06. The number of terminal acetylenes is 1. The number of aliphatic hydroxyl groups is 1. The molecule has 4 heteroatoms. The van der Waals surface area contributed by atoms with E-state index in [4.69, 9.17) is 16.3 Å². The fourth-order valence-electron chi connectivity index (χ4n) is 0.717. The number of hydrogen-bond donors (Lipinski definition) is 2. The molecule has 4 nitrogen and oxygen atoms in total. The minimum Gasteiger partial charge on any atom is -0.444 e. The van der Waals surface area contributed by atoms with E-state index in [2.05, 4.69) is 11.2 Å². The first-order valence-electron chi connectivity index (χ1n) is 4.40. The molecule has 14 heavy (non-hydrogen) atoms. The average molecular weight is 199 g/mol. The summed E-state index contributed by atoms with van der Waals surface area (Å²) in [5, 5.41) is 11.6. The van der Waals surface area contributed by atoms with Gasteiger partial charge in [0.05, 0.1) is 6.04 Å². The minimum absolute atomic E-state index is 0.519. The van der Waals surface area contributed by atoms with Gasteiger partial charge in [0.1, 0.15) is 11.7 Å². The van der Waals surface area contributed by atoms with Crippen molar-refractivity contribution in [3.05, 3.63) is 0 Å². The lowest BCUT2D eigenvalue weighted by Gasteiger charge is -2.22. The van der Waals surface area contributed by atoms with Crippen molar-refractivity contribution in [2.24, 2.45) is 0 Å². The zero-order valence-electron chi connectivity index (χ0n) is 9.00. The lowest BCUT2D eigenvalue weighted by Crippen LogP contribution is -2.43. The maximum absolute atomic E-state index is 11.2. The number of carbonyl (C=O) groups is 1. The van der Waals surface area contributed by atoms with Crippen LogP contribution in [0.4, 0.5) is 4.79 Å². The Balaban J connectivity index is 4.03. The van der Waals surface area contributed by atoms with Crippen molar-refractivity contribution < 1.29 is 14.6 Å². The van der Waals surface area contributed by atoms with Gasteiger partial charge in [-0.3, -0.25) is 0 Å². The van der Waals surface area contributed by atoms with Crippen LogP contribution < -0.4 is 5.32 Å². The van der Waals surface area contributed by atoms with Gasteiger partial charge in [0, 0.05) is 0 Å². The van der Waals surface area contributed by atoms with Crippen molar-refractivity contribution in [2.75, 3.05) is 0 Å². The van der Waals surface area contributed by atoms with E-state index >= 15 is 0 Å². The van der Waals surface area contributed by atoms with E-state index in [1.807, 2.05) is 0 Å². The van der Waals surface area contributed by atoms with E-state index in [-0.39, 0.29) is 0 Å². The molecule has 0 saturated carbocycles. The fourth-order valence-corrected chi connectivity index (χ4v) is 0.717. The van der Waals surface area contributed by atoms with Gasteiger partial charge in [-0.25, -0.2) is 4.79 Å². The predicted molar refractivity (Wildman–Crippen MR) is 53.7 cm³/mol. The summed E-state index contributed by atoms with van der Waals surface area (Å²) < 4.78 is 4.97. The van der Waals surface area contributed by atoms with Crippen molar-refractivity contribution in [1.82, 2.24) is 5.32 Å².